The quantitative estimate of drug-likeness (QED) is 0.332. The molecule has 0 radical (unpaired) electrons. The van der Waals surface area contributed by atoms with Gasteiger partial charge in [-0.2, -0.15) is 0 Å². The van der Waals surface area contributed by atoms with Crippen LogP contribution in [0.4, 0.5) is 0 Å². The molecule has 26 heavy (non-hydrogen) atoms. The van der Waals surface area contributed by atoms with Gasteiger partial charge in [-0.3, -0.25) is 0 Å². The normalized spacial score (nSPS) is 10.8. The van der Waals surface area contributed by atoms with Crippen LogP contribution >= 0.6 is 35.3 Å². The van der Waals surface area contributed by atoms with Crippen molar-refractivity contribution >= 4 is 41.3 Å². The van der Waals surface area contributed by atoms with E-state index in [1.165, 1.54) is 9.75 Å². The molecule has 2 rings (SSSR count). The van der Waals surface area contributed by atoms with Crippen molar-refractivity contribution in [1.29, 1.82) is 0 Å². The maximum atomic E-state index is 5.44. The number of thiophene rings is 1. The van der Waals surface area contributed by atoms with Crippen LogP contribution in [0.1, 0.15) is 29.2 Å². The van der Waals surface area contributed by atoms with Gasteiger partial charge < -0.3 is 20.1 Å². The van der Waals surface area contributed by atoms with E-state index in [1.807, 2.05) is 29.5 Å². The van der Waals surface area contributed by atoms with E-state index in [9.17, 15) is 0 Å². The second-order valence-corrected chi connectivity index (χ2v) is 6.70. The van der Waals surface area contributed by atoms with Crippen molar-refractivity contribution < 1.29 is 9.47 Å². The van der Waals surface area contributed by atoms with E-state index in [-0.39, 0.29) is 24.0 Å². The molecular formula is C19H28IN3O2S. The third-order valence-electron chi connectivity index (χ3n) is 3.74. The fourth-order valence-electron chi connectivity index (χ4n) is 2.37. The molecule has 144 valence electrons. The number of aryl methyl sites for hydroxylation is 1. The zero-order valence-electron chi connectivity index (χ0n) is 15.8. The van der Waals surface area contributed by atoms with Gasteiger partial charge in [0.15, 0.2) is 5.96 Å². The van der Waals surface area contributed by atoms with Gasteiger partial charge in [-0.05, 0) is 37.6 Å². The molecule has 1 aromatic heterocycles. The minimum Gasteiger partial charge on any atom is -0.497 e. The number of aliphatic imine (C=N–C) groups is 1. The highest BCUT2D eigenvalue weighted by atomic mass is 127. The molecule has 0 spiro atoms. The predicted molar refractivity (Wildman–Crippen MR) is 120 cm³/mol. The molecule has 0 aliphatic heterocycles. The molecule has 0 bridgehead atoms. The highest BCUT2D eigenvalue weighted by molar-refractivity contribution is 14.0. The Labute approximate surface area is 177 Å². The molecule has 0 saturated carbocycles. The Morgan fingerprint density at radius 3 is 2.42 bits per heavy atom. The standard InChI is InChI=1S/C19H27N3O2S.HI/c1-5-16-9-10-17(25-16)13-22-19(20-6-2)21-12-14-7-8-15(23-3)11-18(14)24-4;/h7-11H,5-6,12-13H2,1-4H3,(H2,20,21,22);1H. The number of nitrogens with zero attached hydrogens (tertiary/aromatic N) is 1. The Kier molecular flexibility index (Phi) is 10.4. The molecular weight excluding hydrogens is 461 g/mol. The molecule has 0 saturated heterocycles. The van der Waals surface area contributed by atoms with E-state index in [1.54, 1.807) is 14.2 Å². The maximum Gasteiger partial charge on any atom is 0.191 e. The summed E-state index contributed by atoms with van der Waals surface area (Å²) in [6.45, 7) is 6.36. The van der Waals surface area contributed by atoms with Crippen LogP contribution in [0.3, 0.4) is 0 Å². The molecule has 0 aliphatic rings. The average Bonchev–Trinajstić information content (AvgIpc) is 3.12. The molecule has 1 heterocycles. The van der Waals surface area contributed by atoms with Gasteiger partial charge in [0.05, 0.1) is 27.3 Å². The number of halogens is 1. The molecule has 1 aromatic carbocycles. The molecule has 0 unspecified atom stereocenters. The second kappa shape index (κ2) is 12.0. The fourth-order valence-corrected chi connectivity index (χ4v) is 3.26. The number of methoxy groups -OCH3 is 2. The number of nitrogens with one attached hydrogen (secondary N) is 2. The Hall–Kier alpha value is -1.48. The summed E-state index contributed by atoms with van der Waals surface area (Å²) in [6, 6.07) is 10.1. The fraction of sp³-hybridized carbons (Fsp3) is 0.421. The van der Waals surface area contributed by atoms with Crippen LogP contribution in [0.15, 0.2) is 35.3 Å². The largest absolute Gasteiger partial charge is 0.497 e. The van der Waals surface area contributed by atoms with Gasteiger partial charge in [0, 0.05) is 27.9 Å². The lowest BCUT2D eigenvalue weighted by Crippen LogP contribution is -2.36. The minimum atomic E-state index is 0. The van der Waals surface area contributed by atoms with E-state index in [2.05, 4.69) is 41.6 Å². The maximum absolute atomic E-state index is 5.44. The first-order valence-electron chi connectivity index (χ1n) is 8.50. The predicted octanol–water partition coefficient (Wildman–Crippen LogP) is 4.20. The average molecular weight is 489 g/mol. The van der Waals surface area contributed by atoms with E-state index >= 15 is 0 Å². The summed E-state index contributed by atoms with van der Waals surface area (Å²) in [7, 11) is 3.31. The minimum absolute atomic E-state index is 0. The van der Waals surface area contributed by atoms with E-state index in [4.69, 9.17) is 9.47 Å². The molecule has 2 aromatic rings. The molecule has 7 heteroatoms. The van der Waals surface area contributed by atoms with Crippen LogP contribution in [0.5, 0.6) is 11.5 Å². The zero-order chi connectivity index (χ0) is 18.1. The van der Waals surface area contributed by atoms with Crippen molar-refractivity contribution in [2.24, 2.45) is 4.99 Å². The number of ether oxygens (including phenoxy) is 2. The molecule has 2 N–H and O–H groups in total. The summed E-state index contributed by atoms with van der Waals surface area (Å²) in [6.07, 6.45) is 1.08. The first-order chi connectivity index (χ1) is 12.2. The van der Waals surface area contributed by atoms with Crippen LogP contribution in [-0.2, 0) is 19.5 Å². The van der Waals surface area contributed by atoms with Gasteiger partial charge >= 0.3 is 0 Å². The molecule has 5 nitrogen and oxygen atoms in total. The van der Waals surface area contributed by atoms with Crippen LogP contribution in [0.25, 0.3) is 0 Å². The Morgan fingerprint density at radius 1 is 1.04 bits per heavy atom. The molecule has 0 amide bonds. The Bertz CT molecular complexity index is 704. The first kappa shape index (κ1) is 22.6. The van der Waals surface area contributed by atoms with Crippen molar-refractivity contribution in [2.75, 3.05) is 20.8 Å². The summed E-state index contributed by atoms with van der Waals surface area (Å²) < 4.78 is 10.7. The molecule has 0 aliphatic carbocycles. The molecule has 0 fully saturated rings. The number of hydrogen-bond acceptors (Lipinski definition) is 4. The smallest absolute Gasteiger partial charge is 0.191 e. The van der Waals surface area contributed by atoms with Gasteiger partial charge in [-0.25, -0.2) is 4.99 Å². The van der Waals surface area contributed by atoms with Crippen molar-refractivity contribution in [3.8, 4) is 11.5 Å². The summed E-state index contributed by atoms with van der Waals surface area (Å²) in [5.74, 6) is 2.36. The third-order valence-corrected chi connectivity index (χ3v) is 4.97. The van der Waals surface area contributed by atoms with Crippen LogP contribution in [0, 0.1) is 0 Å². The summed E-state index contributed by atoms with van der Waals surface area (Å²) in [4.78, 5) is 7.38. The third kappa shape index (κ3) is 6.68. The number of guanidine groups is 1. The van der Waals surface area contributed by atoms with E-state index < -0.39 is 0 Å². The van der Waals surface area contributed by atoms with Gasteiger partial charge in [-0.1, -0.05) is 6.92 Å². The zero-order valence-corrected chi connectivity index (χ0v) is 18.9. The van der Waals surface area contributed by atoms with Gasteiger partial charge in [0.25, 0.3) is 0 Å². The van der Waals surface area contributed by atoms with Crippen molar-refractivity contribution in [3.05, 3.63) is 45.6 Å². The summed E-state index contributed by atoms with van der Waals surface area (Å²) >= 11 is 1.84. The number of hydrogen-bond donors (Lipinski definition) is 2. The number of rotatable bonds is 8. The lowest BCUT2D eigenvalue weighted by Gasteiger charge is -2.12. The molecule has 0 atom stereocenters. The van der Waals surface area contributed by atoms with Crippen LogP contribution < -0.4 is 20.1 Å². The van der Waals surface area contributed by atoms with E-state index in [0.29, 0.717) is 6.54 Å². The highest BCUT2D eigenvalue weighted by Crippen LogP contribution is 2.25. The lowest BCUT2D eigenvalue weighted by atomic mass is 10.2. The van der Waals surface area contributed by atoms with Gasteiger partial charge in [-0.15, -0.1) is 35.3 Å². The highest BCUT2D eigenvalue weighted by Gasteiger charge is 2.06. The number of benzene rings is 1. The second-order valence-electron chi connectivity index (χ2n) is 5.45. The van der Waals surface area contributed by atoms with E-state index in [0.717, 1.165) is 42.5 Å². The SMILES string of the molecule is CCNC(=NCc1ccc(OC)cc1OC)NCc1ccc(CC)s1.I. The Balaban J connectivity index is 0.00000338. The monoisotopic (exact) mass is 489 g/mol. The van der Waals surface area contributed by atoms with Crippen molar-refractivity contribution in [3.63, 3.8) is 0 Å². The first-order valence-corrected chi connectivity index (χ1v) is 9.32. The van der Waals surface area contributed by atoms with Crippen molar-refractivity contribution in [1.82, 2.24) is 10.6 Å². The van der Waals surface area contributed by atoms with Crippen LogP contribution in [-0.4, -0.2) is 26.7 Å². The topological polar surface area (TPSA) is 54.9 Å². The van der Waals surface area contributed by atoms with Gasteiger partial charge in [0.1, 0.15) is 11.5 Å². The lowest BCUT2D eigenvalue weighted by molar-refractivity contribution is 0.391. The van der Waals surface area contributed by atoms with Gasteiger partial charge in [0.2, 0.25) is 0 Å². The van der Waals surface area contributed by atoms with Crippen LogP contribution in [0.2, 0.25) is 0 Å². The Morgan fingerprint density at radius 2 is 1.81 bits per heavy atom. The van der Waals surface area contributed by atoms with Crippen molar-refractivity contribution in [2.45, 2.75) is 33.4 Å². The summed E-state index contributed by atoms with van der Waals surface area (Å²) in [5, 5.41) is 6.67. The summed E-state index contributed by atoms with van der Waals surface area (Å²) in [5.41, 5.74) is 1.02.